The van der Waals surface area contributed by atoms with Gasteiger partial charge in [-0.2, -0.15) is 0 Å². The van der Waals surface area contributed by atoms with Gasteiger partial charge in [-0.25, -0.2) is 0 Å². The van der Waals surface area contributed by atoms with Crippen LogP contribution in [0.15, 0.2) is 30.7 Å². The average molecular weight is 310 g/mol. The zero-order valence-electron chi connectivity index (χ0n) is 11.5. The summed E-state index contributed by atoms with van der Waals surface area (Å²) in [5, 5.41) is 4.56. The van der Waals surface area contributed by atoms with E-state index in [9.17, 15) is 0 Å². The molecular formula is C15H17Cl2N3. The van der Waals surface area contributed by atoms with Gasteiger partial charge in [0.15, 0.2) is 0 Å². The number of rotatable bonds is 5. The Morgan fingerprint density at radius 3 is 2.65 bits per heavy atom. The minimum Gasteiger partial charge on any atom is -0.305 e. The molecule has 0 spiro atoms. The van der Waals surface area contributed by atoms with E-state index in [-0.39, 0.29) is 6.04 Å². The summed E-state index contributed by atoms with van der Waals surface area (Å²) in [4.78, 5) is 8.63. The van der Waals surface area contributed by atoms with Gasteiger partial charge in [0.1, 0.15) is 0 Å². The standard InChI is InChI=1S/C15H17Cl2N3/c1-3-4-19-14(11-5-10(2)7-18-8-11)15-13(17)6-12(16)9-20-15/h5-9,14,19H,3-4H2,1-2H3. The molecule has 0 aliphatic heterocycles. The van der Waals surface area contributed by atoms with Crippen LogP contribution in [0.4, 0.5) is 0 Å². The first kappa shape index (κ1) is 15.2. The van der Waals surface area contributed by atoms with Gasteiger partial charge in [-0.05, 0) is 37.1 Å². The molecular weight excluding hydrogens is 293 g/mol. The van der Waals surface area contributed by atoms with Crippen molar-refractivity contribution in [1.29, 1.82) is 0 Å². The quantitative estimate of drug-likeness (QED) is 0.900. The first-order chi connectivity index (χ1) is 9.61. The molecule has 106 valence electrons. The lowest BCUT2D eigenvalue weighted by atomic mass is 10.0. The van der Waals surface area contributed by atoms with Crippen molar-refractivity contribution in [3.05, 3.63) is 57.6 Å². The molecule has 1 N–H and O–H groups in total. The van der Waals surface area contributed by atoms with Crippen LogP contribution < -0.4 is 5.32 Å². The highest BCUT2D eigenvalue weighted by molar-refractivity contribution is 6.34. The first-order valence-corrected chi connectivity index (χ1v) is 7.33. The molecule has 1 atom stereocenters. The first-order valence-electron chi connectivity index (χ1n) is 6.57. The molecule has 0 bridgehead atoms. The summed E-state index contributed by atoms with van der Waals surface area (Å²) in [6, 6.07) is 3.73. The highest BCUT2D eigenvalue weighted by Crippen LogP contribution is 2.28. The van der Waals surface area contributed by atoms with Crippen molar-refractivity contribution in [3.63, 3.8) is 0 Å². The third-order valence-corrected chi connectivity index (χ3v) is 3.45. The van der Waals surface area contributed by atoms with E-state index in [0.29, 0.717) is 10.0 Å². The maximum atomic E-state index is 6.29. The smallest absolute Gasteiger partial charge is 0.0806 e. The van der Waals surface area contributed by atoms with Crippen LogP contribution in [0.3, 0.4) is 0 Å². The lowest BCUT2D eigenvalue weighted by Crippen LogP contribution is -2.24. The second-order valence-corrected chi connectivity index (χ2v) is 5.55. The maximum Gasteiger partial charge on any atom is 0.0806 e. The van der Waals surface area contributed by atoms with E-state index >= 15 is 0 Å². The van der Waals surface area contributed by atoms with Crippen LogP contribution in [-0.2, 0) is 0 Å². The topological polar surface area (TPSA) is 37.8 Å². The molecule has 0 aliphatic rings. The summed E-state index contributed by atoms with van der Waals surface area (Å²) in [6.45, 7) is 5.01. The number of pyridine rings is 2. The maximum absolute atomic E-state index is 6.29. The van der Waals surface area contributed by atoms with E-state index < -0.39 is 0 Å². The minimum absolute atomic E-state index is 0.0767. The minimum atomic E-state index is -0.0767. The monoisotopic (exact) mass is 309 g/mol. The van der Waals surface area contributed by atoms with E-state index in [1.165, 1.54) is 0 Å². The molecule has 0 fully saturated rings. The van der Waals surface area contributed by atoms with Crippen molar-refractivity contribution >= 4 is 23.2 Å². The molecule has 2 heterocycles. The number of nitrogens with one attached hydrogen (secondary N) is 1. The van der Waals surface area contributed by atoms with Crippen LogP contribution in [0, 0.1) is 6.92 Å². The molecule has 0 saturated heterocycles. The number of halogens is 2. The predicted molar refractivity (Wildman–Crippen MR) is 83.4 cm³/mol. The van der Waals surface area contributed by atoms with Crippen molar-refractivity contribution < 1.29 is 0 Å². The van der Waals surface area contributed by atoms with E-state index in [1.807, 2.05) is 19.3 Å². The third kappa shape index (κ3) is 3.69. The van der Waals surface area contributed by atoms with Crippen molar-refractivity contribution in [2.45, 2.75) is 26.3 Å². The van der Waals surface area contributed by atoms with Crippen LogP contribution in [0.1, 0.15) is 36.2 Å². The van der Waals surface area contributed by atoms with Crippen molar-refractivity contribution in [1.82, 2.24) is 15.3 Å². The number of aryl methyl sites for hydroxylation is 1. The Bertz CT molecular complexity index is 587. The largest absolute Gasteiger partial charge is 0.305 e. The summed E-state index contributed by atoms with van der Waals surface area (Å²) in [7, 11) is 0. The molecule has 0 aliphatic carbocycles. The molecule has 2 rings (SSSR count). The van der Waals surface area contributed by atoms with Crippen LogP contribution >= 0.6 is 23.2 Å². The van der Waals surface area contributed by atoms with Crippen LogP contribution in [0.25, 0.3) is 0 Å². The highest BCUT2D eigenvalue weighted by Gasteiger charge is 2.18. The molecule has 5 heteroatoms. The molecule has 0 amide bonds. The Kier molecular flexibility index (Phi) is 5.35. The Morgan fingerprint density at radius 1 is 1.20 bits per heavy atom. The number of nitrogens with zero attached hydrogens (tertiary/aromatic N) is 2. The van der Waals surface area contributed by atoms with E-state index in [1.54, 1.807) is 12.3 Å². The van der Waals surface area contributed by atoms with Gasteiger partial charge in [0, 0.05) is 18.6 Å². The van der Waals surface area contributed by atoms with Gasteiger partial charge in [0.05, 0.1) is 21.8 Å². The van der Waals surface area contributed by atoms with Gasteiger partial charge < -0.3 is 5.32 Å². The Balaban J connectivity index is 2.41. The summed E-state index contributed by atoms with van der Waals surface area (Å²) in [6.07, 6.45) is 6.32. The summed E-state index contributed by atoms with van der Waals surface area (Å²) < 4.78 is 0. The second kappa shape index (κ2) is 7.02. The number of hydrogen-bond donors (Lipinski definition) is 1. The Morgan fingerprint density at radius 2 is 2.00 bits per heavy atom. The third-order valence-electron chi connectivity index (χ3n) is 2.94. The zero-order chi connectivity index (χ0) is 14.5. The van der Waals surface area contributed by atoms with Gasteiger partial charge in [0.25, 0.3) is 0 Å². The average Bonchev–Trinajstić information content (AvgIpc) is 2.41. The molecule has 0 radical (unpaired) electrons. The zero-order valence-corrected chi connectivity index (χ0v) is 13.0. The fourth-order valence-corrected chi connectivity index (χ4v) is 2.52. The summed E-state index contributed by atoms with van der Waals surface area (Å²) >= 11 is 12.2. The fourth-order valence-electron chi connectivity index (χ4n) is 2.03. The fraction of sp³-hybridized carbons (Fsp3) is 0.333. The normalized spacial score (nSPS) is 12.4. The summed E-state index contributed by atoms with van der Waals surface area (Å²) in [5.74, 6) is 0. The van der Waals surface area contributed by atoms with Crippen LogP contribution in [0.5, 0.6) is 0 Å². The molecule has 1 unspecified atom stereocenters. The number of aromatic nitrogens is 2. The van der Waals surface area contributed by atoms with Crippen LogP contribution in [-0.4, -0.2) is 16.5 Å². The van der Waals surface area contributed by atoms with Gasteiger partial charge >= 0.3 is 0 Å². The molecule has 0 saturated carbocycles. The lowest BCUT2D eigenvalue weighted by Gasteiger charge is -2.19. The van der Waals surface area contributed by atoms with Gasteiger partial charge in [-0.1, -0.05) is 36.2 Å². The second-order valence-electron chi connectivity index (χ2n) is 4.70. The van der Waals surface area contributed by atoms with E-state index in [2.05, 4.69) is 28.3 Å². The van der Waals surface area contributed by atoms with Crippen molar-refractivity contribution in [3.8, 4) is 0 Å². The van der Waals surface area contributed by atoms with E-state index in [4.69, 9.17) is 23.2 Å². The molecule has 2 aromatic heterocycles. The molecule has 0 aromatic carbocycles. The Labute approximate surface area is 129 Å². The molecule has 3 nitrogen and oxygen atoms in total. The number of hydrogen-bond acceptors (Lipinski definition) is 3. The molecule has 2 aromatic rings. The van der Waals surface area contributed by atoms with Crippen LogP contribution in [0.2, 0.25) is 10.0 Å². The Hall–Kier alpha value is -1.16. The van der Waals surface area contributed by atoms with Crippen molar-refractivity contribution in [2.24, 2.45) is 0 Å². The van der Waals surface area contributed by atoms with Gasteiger partial charge in [-0.15, -0.1) is 0 Å². The van der Waals surface area contributed by atoms with Crippen molar-refractivity contribution in [2.75, 3.05) is 6.54 Å². The highest BCUT2D eigenvalue weighted by atomic mass is 35.5. The van der Waals surface area contributed by atoms with Gasteiger partial charge in [-0.3, -0.25) is 9.97 Å². The SMILES string of the molecule is CCCNC(c1cncc(C)c1)c1ncc(Cl)cc1Cl. The lowest BCUT2D eigenvalue weighted by molar-refractivity contribution is 0.585. The molecule has 20 heavy (non-hydrogen) atoms. The predicted octanol–water partition coefficient (Wildman–Crippen LogP) is 4.18. The van der Waals surface area contributed by atoms with Gasteiger partial charge in [0.2, 0.25) is 0 Å². The van der Waals surface area contributed by atoms with E-state index in [0.717, 1.165) is 29.8 Å². The summed E-state index contributed by atoms with van der Waals surface area (Å²) in [5.41, 5.74) is 2.93.